The van der Waals surface area contributed by atoms with Crippen molar-refractivity contribution in [2.75, 3.05) is 0 Å². The van der Waals surface area contributed by atoms with Gasteiger partial charge < -0.3 is 21.1 Å². The molecule has 0 fully saturated rings. The fraction of sp³-hybridized carbons (Fsp3) is 0. The van der Waals surface area contributed by atoms with E-state index in [1.807, 2.05) is 0 Å². The number of carboxylic acid groups (broad SMARTS) is 1. The van der Waals surface area contributed by atoms with Gasteiger partial charge in [0.2, 0.25) is 0 Å². The minimum Gasteiger partial charge on any atom is -0.504 e. The number of carbonyl (C=O) groups is 1. The molecule has 0 amide bonds. The number of aromatic hydroxyl groups is 2. The standard InChI is InChI=1S/C9H9NO4/c10-6(9(13)14)3-5-1-2-7(11)8(12)4-5/h1-4,11-12H,10H2,(H,13,14)/b6-3-. The van der Waals surface area contributed by atoms with Crippen molar-refractivity contribution in [2.45, 2.75) is 0 Å². The van der Waals surface area contributed by atoms with Crippen LogP contribution in [0.1, 0.15) is 5.56 Å². The number of phenolic OH excluding ortho intramolecular Hbond substituents is 2. The van der Waals surface area contributed by atoms with Gasteiger partial charge in [-0.1, -0.05) is 6.07 Å². The van der Waals surface area contributed by atoms with Crippen molar-refractivity contribution in [2.24, 2.45) is 5.73 Å². The van der Waals surface area contributed by atoms with Gasteiger partial charge in [-0.3, -0.25) is 0 Å². The molecule has 0 spiro atoms. The Morgan fingerprint density at radius 1 is 1.29 bits per heavy atom. The van der Waals surface area contributed by atoms with E-state index in [0.717, 1.165) is 0 Å². The largest absolute Gasteiger partial charge is 0.504 e. The van der Waals surface area contributed by atoms with Gasteiger partial charge in [-0.25, -0.2) is 4.79 Å². The number of phenols is 2. The number of carboxylic acids is 1. The molecule has 0 aliphatic carbocycles. The first kappa shape index (κ1) is 9.91. The average Bonchev–Trinajstić information content (AvgIpc) is 2.11. The van der Waals surface area contributed by atoms with Crippen LogP contribution in [0.2, 0.25) is 0 Å². The molecule has 0 unspecified atom stereocenters. The van der Waals surface area contributed by atoms with Gasteiger partial charge in [0.1, 0.15) is 5.70 Å². The van der Waals surface area contributed by atoms with Gasteiger partial charge >= 0.3 is 5.97 Å². The summed E-state index contributed by atoms with van der Waals surface area (Å²) in [6.45, 7) is 0. The molecule has 74 valence electrons. The van der Waals surface area contributed by atoms with Crippen molar-refractivity contribution < 1.29 is 20.1 Å². The van der Waals surface area contributed by atoms with Gasteiger partial charge in [0, 0.05) is 0 Å². The zero-order valence-corrected chi connectivity index (χ0v) is 7.14. The molecule has 1 aromatic rings. The van der Waals surface area contributed by atoms with Crippen LogP contribution in [0.25, 0.3) is 6.08 Å². The Morgan fingerprint density at radius 3 is 2.43 bits per heavy atom. The minimum absolute atomic E-state index is 0.268. The third-order valence-electron chi connectivity index (χ3n) is 1.57. The molecule has 0 atom stereocenters. The maximum absolute atomic E-state index is 10.4. The highest BCUT2D eigenvalue weighted by molar-refractivity contribution is 5.91. The molecule has 0 saturated heterocycles. The van der Waals surface area contributed by atoms with Crippen molar-refractivity contribution in [1.29, 1.82) is 0 Å². The maximum Gasteiger partial charge on any atom is 0.351 e. The fourth-order valence-corrected chi connectivity index (χ4v) is 0.872. The fourth-order valence-electron chi connectivity index (χ4n) is 0.872. The highest BCUT2D eigenvalue weighted by Crippen LogP contribution is 2.25. The first-order chi connectivity index (χ1) is 6.50. The third-order valence-corrected chi connectivity index (χ3v) is 1.57. The quantitative estimate of drug-likeness (QED) is 0.406. The molecule has 0 aromatic heterocycles. The Balaban J connectivity index is 3.04. The number of hydrogen-bond donors (Lipinski definition) is 4. The maximum atomic E-state index is 10.4. The van der Waals surface area contributed by atoms with E-state index in [0.29, 0.717) is 5.56 Å². The first-order valence-corrected chi connectivity index (χ1v) is 3.73. The van der Waals surface area contributed by atoms with Crippen LogP contribution in [0, 0.1) is 0 Å². The van der Waals surface area contributed by atoms with E-state index in [2.05, 4.69) is 0 Å². The van der Waals surface area contributed by atoms with E-state index in [1.54, 1.807) is 0 Å². The molecular weight excluding hydrogens is 186 g/mol. The van der Waals surface area contributed by atoms with Crippen LogP contribution in [0.4, 0.5) is 0 Å². The molecule has 0 radical (unpaired) electrons. The molecule has 0 aliphatic rings. The number of benzene rings is 1. The van der Waals surface area contributed by atoms with E-state index in [4.69, 9.17) is 21.1 Å². The van der Waals surface area contributed by atoms with E-state index >= 15 is 0 Å². The van der Waals surface area contributed by atoms with Crippen LogP contribution in [0.5, 0.6) is 11.5 Å². The van der Waals surface area contributed by atoms with Crippen molar-refractivity contribution in [3.05, 3.63) is 29.5 Å². The van der Waals surface area contributed by atoms with Crippen molar-refractivity contribution in [3.8, 4) is 11.5 Å². The Bertz CT molecular complexity index is 398. The first-order valence-electron chi connectivity index (χ1n) is 3.73. The van der Waals surface area contributed by atoms with Crippen LogP contribution in [0.15, 0.2) is 23.9 Å². The lowest BCUT2D eigenvalue weighted by Crippen LogP contribution is -2.09. The summed E-state index contributed by atoms with van der Waals surface area (Å²) in [7, 11) is 0. The van der Waals surface area contributed by atoms with Gasteiger partial charge in [-0.15, -0.1) is 0 Å². The second kappa shape index (κ2) is 3.69. The van der Waals surface area contributed by atoms with E-state index in [9.17, 15) is 4.79 Å². The normalized spacial score (nSPS) is 11.3. The van der Waals surface area contributed by atoms with Gasteiger partial charge in [-0.05, 0) is 23.8 Å². The lowest BCUT2D eigenvalue weighted by molar-refractivity contribution is -0.132. The van der Waals surface area contributed by atoms with E-state index in [1.165, 1.54) is 24.3 Å². The predicted molar refractivity (Wildman–Crippen MR) is 49.6 cm³/mol. The van der Waals surface area contributed by atoms with E-state index in [-0.39, 0.29) is 17.2 Å². The Morgan fingerprint density at radius 2 is 1.93 bits per heavy atom. The lowest BCUT2D eigenvalue weighted by Gasteiger charge is -1.99. The van der Waals surface area contributed by atoms with Crippen LogP contribution in [-0.4, -0.2) is 21.3 Å². The molecular formula is C9H9NO4. The molecule has 5 heteroatoms. The molecule has 5 N–H and O–H groups in total. The van der Waals surface area contributed by atoms with Crippen LogP contribution in [0.3, 0.4) is 0 Å². The summed E-state index contributed by atoms with van der Waals surface area (Å²) in [4.78, 5) is 10.4. The zero-order valence-electron chi connectivity index (χ0n) is 7.14. The molecule has 0 heterocycles. The third kappa shape index (κ3) is 2.16. The molecule has 14 heavy (non-hydrogen) atoms. The molecule has 0 bridgehead atoms. The predicted octanol–water partition coefficient (Wildman–Crippen LogP) is 0.482. The number of aliphatic carboxylic acids is 1. The Kier molecular flexibility index (Phi) is 2.62. The van der Waals surface area contributed by atoms with Crippen LogP contribution >= 0.6 is 0 Å². The van der Waals surface area contributed by atoms with Crippen molar-refractivity contribution >= 4 is 12.0 Å². The second-order valence-electron chi connectivity index (χ2n) is 2.65. The lowest BCUT2D eigenvalue weighted by atomic mass is 10.1. The molecule has 1 rings (SSSR count). The number of hydrogen-bond acceptors (Lipinski definition) is 4. The summed E-state index contributed by atoms with van der Waals surface area (Å²) in [5, 5.41) is 26.5. The average molecular weight is 195 g/mol. The summed E-state index contributed by atoms with van der Waals surface area (Å²) in [5.74, 6) is -1.83. The van der Waals surface area contributed by atoms with Crippen molar-refractivity contribution in [3.63, 3.8) is 0 Å². The highest BCUT2D eigenvalue weighted by Gasteiger charge is 2.03. The van der Waals surface area contributed by atoms with Crippen molar-refractivity contribution in [1.82, 2.24) is 0 Å². The topological polar surface area (TPSA) is 104 Å². The van der Waals surface area contributed by atoms with Gasteiger partial charge in [0.25, 0.3) is 0 Å². The summed E-state index contributed by atoms with van der Waals surface area (Å²) in [5.41, 5.74) is 5.22. The van der Waals surface area contributed by atoms with E-state index < -0.39 is 5.97 Å². The van der Waals surface area contributed by atoms with Crippen LogP contribution in [-0.2, 0) is 4.79 Å². The SMILES string of the molecule is N/C(=C\c1ccc(O)c(O)c1)C(=O)O. The number of nitrogens with two attached hydrogens (primary N) is 1. The van der Waals surface area contributed by atoms with Crippen LogP contribution < -0.4 is 5.73 Å². The number of rotatable bonds is 2. The van der Waals surface area contributed by atoms with Gasteiger partial charge in [-0.2, -0.15) is 0 Å². The monoisotopic (exact) mass is 195 g/mol. The zero-order chi connectivity index (χ0) is 10.7. The van der Waals surface area contributed by atoms with Gasteiger partial charge in [0.15, 0.2) is 11.5 Å². The minimum atomic E-state index is -1.24. The molecule has 0 saturated carbocycles. The summed E-state index contributed by atoms with van der Waals surface area (Å²) < 4.78 is 0. The summed E-state index contributed by atoms with van der Waals surface area (Å²) in [6.07, 6.45) is 1.18. The van der Waals surface area contributed by atoms with Gasteiger partial charge in [0.05, 0.1) is 0 Å². The molecule has 1 aromatic carbocycles. The summed E-state index contributed by atoms with van der Waals surface area (Å²) >= 11 is 0. The molecule has 5 nitrogen and oxygen atoms in total. The Hall–Kier alpha value is -2.17. The molecule has 0 aliphatic heterocycles. The summed E-state index contributed by atoms with van der Waals surface area (Å²) in [6, 6.07) is 3.90. The Labute approximate surface area is 79.7 Å². The smallest absolute Gasteiger partial charge is 0.351 e. The highest BCUT2D eigenvalue weighted by atomic mass is 16.4. The second-order valence-corrected chi connectivity index (χ2v) is 2.65.